The molecule has 0 bridgehead atoms. The molecule has 0 spiro atoms. The highest BCUT2D eigenvalue weighted by molar-refractivity contribution is 5.96. The fourth-order valence-electron chi connectivity index (χ4n) is 2.64. The summed E-state index contributed by atoms with van der Waals surface area (Å²) in [5.41, 5.74) is 1.13. The molecule has 1 heterocycles. The van der Waals surface area contributed by atoms with E-state index in [0.717, 1.165) is 0 Å². The SMILES string of the molecule is COC(=O)C1=C(C)OC(=N)C(C#N)C1c1ccc(C(=O)OC)cc1. The molecule has 1 aromatic rings. The summed E-state index contributed by atoms with van der Waals surface area (Å²) in [6.07, 6.45) is 0. The molecule has 7 heteroatoms. The second-order valence-corrected chi connectivity index (χ2v) is 5.13. The number of carbonyl (C=O) groups excluding carboxylic acids is 2. The highest BCUT2D eigenvalue weighted by Gasteiger charge is 2.41. The minimum atomic E-state index is -0.966. The molecule has 2 atom stereocenters. The first kappa shape index (κ1) is 17.2. The zero-order valence-corrected chi connectivity index (χ0v) is 13.5. The van der Waals surface area contributed by atoms with Crippen molar-refractivity contribution in [3.8, 4) is 6.07 Å². The van der Waals surface area contributed by atoms with E-state index in [0.29, 0.717) is 11.1 Å². The van der Waals surface area contributed by atoms with Gasteiger partial charge in [0, 0.05) is 5.92 Å². The third kappa shape index (κ3) is 2.99. The summed E-state index contributed by atoms with van der Waals surface area (Å²) in [6.45, 7) is 1.55. The van der Waals surface area contributed by atoms with Crippen molar-refractivity contribution in [2.24, 2.45) is 5.92 Å². The maximum absolute atomic E-state index is 12.1. The number of methoxy groups -OCH3 is 2. The van der Waals surface area contributed by atoms with Crippen molar-refractivity contribution in [3.05, 3.63) is 46.7 Å². The van der Waals surface area contributed by atoms with Crippen molar-refractivity contribution < 1.29 is 23.8 Å². The lowest BCUT2D eigenvalue weighted by Crippen LogP contribution is -2.32. The normalized spacial score (nSPS) is 20.0. The fourth-order valence-corrected chi connectivity index (χ4v) is 2.64. The molecule has 24 heavy (non-hydrogen) atoms. The number of hydrogen-bond acceptors (Lipinski definition) is 7. The predicted octanol–water partition coefficient (Wildman–Crippen LogP) is 2.15. The van der Waals surface area contributed by atoms with Gasteiger partial charge >= 0.3 is 11.9 Å². The number of nitriles is 1. The Morgan fingerprint density at radius 3 is 2.25 bits per heavy atom. The Kier molecular flexibility index (Phi) is 4.99. The molecule has 0 fully saturated rings. The maximum Gasteiger partial charge on any atom is 0.337 e. The summed E-state index contributed by atoms with van der Waals surface area (Å²) < 4.78 is 14.7. The van der Waals surface area contributed by atoms with Crippen LogP contribution in [0.1, 0.15) is 28.8 Å². The van der Waals surface area contributed by atoms with Crippen LogP contribution in [0.4, 0.5) is 0 Å². The van der Waals surface area contributed by atoms with Gasteiger partial charge in [-0.05, 0) is 24.6 Å². The zero-order valence-electron chi connectivity index (χ0n) is 13.5. The molecule has 0 aliphatic carbocycles. The van der Waals surface area contributed by atoms with Gasteiger partial charge in [-0.1, -0.05) is 12.1 Å². The maximum atomic E-state index is 12.1. The molecule has 1 aliphatic rings. The second-order valence-electron chi connectivity index (χ2n) is 5.13. The van der Waals surface area contributed by atoms with E-state index in [2.05, 4.69) is 4.74 Å². The Labute approximate surface area is 138 Å². The number of nitrogens with zero attached hydrogens (tertiary/aromatic N) is 1. The Hall–Kier alpha value is -3.14. The topological polar surface area (TPSA) is 109 Å². The van der Waals surface area contributed by atoms with Gasteiger partial charge in [0.1, 0.15) is 11.7 Å². The number of ether oxygens (including phenoxy) is 3. The largest absolute Gasteiger partial charge is 0.466 e. The Morgan fingerprint density at radius 1 is 1.17 bits per heavy atom. The molecule has 1 aliphatic heterocycles. The van der Waals surface area contributed by atoms with E-state index in [4.69, 9.17) is 14.9 Å². The Morgan fingerprint density at radius 2 is 1.75 bits per heavy atom. The van der Waals surface area contributed by atoms with E-state index >= 15 is 0 Å². The van der Waals surface area contributed by atoms with Crippen LogP contribution in [0.5, 0.6) is 0 Å². The van der Waals surface area contributed by atoms with E-state index in [1.807, 2.05) is 6.07 Å². The van der Waals surface area contributed by atoms with Gasteiger partial charge < -0.3 is 14.2 Å². The average Bonchev–Trinajstić information content (AvgIpc) is 2.60. The lowest BCUT2D eigenvalue weighted by molar-refractivity contribution is -0.136. The van der Waals surface area contributed by atoms with Gasteiger partial charge in [0.25, 0.3) is 0 Å². The standard InChI is InChI=1S/C17H16N2O5/c1-9-13(17(21)23-3)14(12(8-18)15(19)24-9)10-4-6-11(7-5-10)16(20)22-2/h4-7,12,14,19H,1-3H3. The molecular weight excluding hydrogens is 312 g/mol. The lowest BCUT2D eigenvalue weighted by atomic mass is 9.78. The van der Waals surface area contributed by atoms with Crippen LogP contribution in [0, 0.1) is 22.7 Å². The number of hydrogen-bond donors (Lipinski definition) is 1. The van der Waals surface area contributed by atoms with E-state index in [1.54, 1.807) is 31.2 Å². The molecule has 0 saturated carbocycles. The van der Waals surface area contributed by atoms with Crippen LogP contribution in [0.3, 0.4) is 0 Å². The summed E-state index contributed by atoms with van der Waals surface area (Å²) in [6, 6.07) is 8.32. The Bertz CT molecular complexity index is 758. The number of benzene rings is 1. The van der Waals surface area contributed by atoms with E-state index in [9.17, 15) is 14.9 Å². The monoisotopic (exact) mass is 328 g/mol. The number of carbonyl (C=O) groups is 2. The summed E-state index contributed by atoms with van der Waals surface area (Å²) in [4.78, 5) is 23.7. The first-order valence-electron chi connectivity index (χ1n) is 7.07. The van der Waals surface area contributed by atoms with Crippen LogP contribution in [0.2, 0.25) is 0 Å². The highest BCUT2D eigenvalue weighted by Crippen LogP contribution is 2.39. The average molecular weight is 328 g/mol. The minimum absolute atomic E-state index is 0.186. The zero-order chi connectivity index (χ0) is 17.9. The molecule has 124 valence electrons. The van der Waals surface area contributed by atoms with Gasteiger partial charge in [0.05, 0.1) is 31.4 Å². The molecular formula is C17H16N2O5. The van der Waals surface area contributed by atoms with Crippen molar-refractivity contribution in [2.45, 2.75) is 12.8 Å². The van der Waals surface area contributed by atoms with Crippen LogP contribution in [0.25, 0.3) is 0 Å². The first-order chi connectivity index (χ1) is 11.4. The first-order valence-corrected chi connectivity index (χ1v) is 7.07. The summed E-state index contributed by atoms with van der Waals surface area (Å²) in [5, 5.41) is 17.3. The number of nitrogens with one attached hydrogen (secondary N) is 1. The fraction of sp³-hybridized carbons (Fsp3) is 0.294. The smallest absolute Gasteiger partial charge is 0.337 e. The molecule has 7 nitrogen and oxygen atoms in total. The van der Waals surface area contributed by atoms with Gasteiger partial charge in [0.2, 0.25) is 5.90 Å². The van der Waals surface area contributed by atoms with Crippen molar-refractivity contribution >= 4 is 17.8 Å². The second kappa shape index (κ2) is 6.96. The molecule has 0 amide bonds. The van der Waals surface area contributed by atoms with Gasteiger partial charge in [-0.25, -0.2) is 9.59 Å². The van der Waals surface area contributed by atoms with E-state index in [1.165, 1.54) is 14.2 Å². The summed E-state index contributed by atoms with van der Waals surface area (Å²) >= 11 is 0. The molecule has 1 aromatic carbocycles. The van der Waals surface area contributed by atoms with Crippen molar-refractivity contribution in [1.29, 1.82) is 10.7 Å². The molecule has 2 rings (SSSR count). The summed E-state index contributed by atoms with van der Waals surface area (Å²) in [5.74, 6) is -2.80. The molecule has 0 aromatic heterocycles. The lowest BCUT2D eigenvalue weighted by Gasteiger charge is -2.30. The molecule has 2 unspecified atom stereocenters. The highest BCUT2D eigenvalue weighted by atomic mass is 16.5. The van der Waals surface area contributed by atoms with E-state index < -0.39 is 23.8 Å². The van der Waals surface area contributed by atoms with Crippen LogP contribution in [0.15, 0.2) is 35.6 Å². The predicted molar refractivity (Wildman–Crippen MR) is 83.2 cm³/mol. The van der Waals surface area contributed by atoms with Gasteiger partial charge in [-0.3, -0.25) is 5.41 Å². The minimum Gasteiger partial charge on any atom is -0.466 e. The number of allylic oxidation sites excluding steroid dienone is 1. The third-order valence-electron chi connectivity index (χ3n) is 3.80. The van der Waals surface area contributed by atoms with Gasteiger partial charge in [-0.15, -0.1) is 0 Å². The number of rotatable bonds is 3. The van der Waals surface area contributed by atoms with Gasteiger partial charge in [0.15, 0.2) is 0 Å². The molecule has 0 radical (unpaired) electrons. The third-order valence-corrected chi connectivity index (χ3v) is 3.80. The number of esters is 2. The van der Waals surface area contributed by atoms with E-state index in [-0.39, 0.29) is 17.2 Å². The summed E-state index contributed by atoms with van der Waals surface area (Å²) in [7, 11) is 2.52. The van der Waals surface area contributed by atoms with Crippen LogP contribution in [-0.2, 0) is 19.0 Å². The van der Waals surface area contributed by atoms with Crippen LogP contribution in [-0.4, -0.2) is 32.1 Å². The quantitative estimate of drug-likeness (QED) is 0.851. The van der Waals surface area contributed by atoms with Gasteiger partial charge in [-0.2, -0.15) is 5.26 Å². The van der Waals surface area contributed by atoms with Crippen LogP contribution < -0.4 is 0 Å². The Balaban J connectivity index is 2.55. The van der Waals surface area contributed by atoms with Crippen molar-refractivity contribution in [2.75, 3.05) is 14.2 Å². The van der Waals surface area contributed by atoms with Crippen molar-refractivity contribution in [3.63, 3.8) is 0 Å². The molecule has 0 saturated heterocycles. The van der Waals surface area contributed by atoms with Crippen LogP contribution >= 0.6 is 0 Å². The van der Waals surface area contributed by atoms with Crippen molar-refractivity contribution in [1.82, 2.24) is 0 Å². The molecule has 1 N–H and O–H groups in total.